The van der Waals surface area contributed by atoms with Crippen LogP contribution in [0.2, 0.25) is 0 Å². The molecule has 1 N–H and O–H groups in total. The fraction of sp³-hybridized carbons (Fsp3) is 0.500. The molecular weight excluding hydrogens is 179 g/mol. The first-order valence-corrected chi connectivity index (χ1v) is 5.15. The molecular formula is C12H15FO. The Balaban J connectivity index is 2.06. The normalized spacial score (nSPS) is 19.9. The Hall–Kier alpha value is -0.890. The van der Waals surface area contributed by atoms with Gasteiger partial charge in [-0.2, -0.15) is 0 Å². The van der Waals surface area contributed by atoms with Gasteiger partial charge in [0.1, 0.15) is 5.82 Å². The van der Waals surface area contributed by atoms with Crippen molar-refractivity contribution in [1.82, 2.24) is 0 Å². The third-order valence-electron chi connectivity index (χ3n) is 2.98. The molecule has 0 aliphatic heterocycles. The second-order valence-corrected chi connectivity index (χ2v) is 4.23. The molecule has 2 rings (SSSR count). The smallest absolute Gasteiger partial charge is 0.123 e. The van der Waals surface area contributed by atoms with Gasteiger partial charge >= 0.3 is 0 Å². The van der Waals surface area contributed by atoms with Crippen LogP contribution >= 0.6 is 0 Å². The first-order valence-electron chi connectivity index (χ1n) is 5.15. The molecule has 1 aliphatic carbocycles. The van der Waals surface area contributed by atoms with Gasteiger partial charge in [-0.1, -0.05) is 25.0 Å². The lowest BCUT2D eigenvalue weighted by Gasteiger charge is -2.21. The summed E-state index contributed by atoms with van der Waals surface area (Å²) in [5.41, 5.74) is 0.494. The highest BCUT2D eigenvalue weighted by Gasteiger charge is 2.30. The lowest BCUT2D eigenvalue weighted by molar-refractivity contribution is 0.0482. The fourth-order valence-corrected chi connectivity index (χ4v) is 2.19. The molecule has 1 aromatic rings. The molecule has 1 saturated carbocycles. The zero-order chi connectivity index (χ0) is 10.0. The van der Waals surface area contributed by atoms with Crippen LogP contribution in [-0.4, -0.2) is 10.7 Å². The van der Waals surface area contributed by atoms with Crippen LogP contribution in [0.4, 0.5) is 4.39 Å². The van der Waals surface area contributed by atoms with E-state index in [1.807, 2.05) is 0 Å². The largest absolute Gasteiger partial charge is 0.390 e. The number of benzene rings is 1. The molecule has 0 unspecified atom stereocenters. The molecule has 1 fully saturated rings. The summed E-state index contributed by atoms with van der Waals surface area (Å²) in [4.78, 5) is 0. The number of halogens is 1. The average molecular weight is 194 g/mol. The number of rotatable bonds is 2. The molecule has 1 aliphatic rings. The Labute approximate surface area is 83.6 Å². The van der Waals surface area contributed by atoms with E-state index in [0.717, 1.165) is 31.2 Å². The summed E-state index contributed by atoms with van der Waals surface area (Å²) in [6.07, 6.45) is 4.64. The van der Waals surface area contributed by atoms with Crippen molar-refractivity contribution in [3.63, 3.8) is 0 Å². The van der Waals surface area contributed by atoms with Gasteiger partial charge in [0.2, 0.25) is 0 Å². The van der Waals surface area contributed by atoms with Crippen molar-refractivity contribution in [1.29, 1.82) is 0 Å². The molecule has 0 saturated heterocycles. The Morgan fingerprint density at radius 3 is 2.29 bits per heavy atom. The van der Waals surface area contributed by atoms with Crippen LogP contribution < -0.4 is 0 Å². The van der Waals surface area contributed by atoms with Crippen molar-refractivity contribution in [3.8, 4) is 0 Å². The third kappa shape index (κ3) is 2.13. The quantitative estimate of drug-likeness (QED) is 0.767. The summed E-state index contributed by atoms with van der Waals surface area (Å²) >= 11 is 0. The third-order valence-corrected chi connectivity index (χ3v) is 2.98. The predicted octanol–water partition coefficient (Wildman–Crippen LogP) is 2.67. The molecule has 2 heteroatoms. The topological polar surface area (TPSA) is 20.2 Å². The predicted molar refractivity (Wildman–Crippen MR) is 53.5 cm³/mol. The Kier molecular flexibility index (Phi) is 2.55. The van der Waals surface area contributed by atoms with Gasteiger partial charge in [0.05, 0.1) is 5.60 Å². The highest BCUT2D eigenvalue weighted by Crippen LogP contribution is 2.32. The van der Waals surface area contributed by atoms with Crippen LogP contribution in [0.15, 0.2) is 24.3 Å². The van der Waals surface area contributed by atoms with E-state index in [-0.39, 0.29) is 5.82 Å². The number of aliphatic hydroxyl groups is 1. The number of hydrogen-bond donors (Lipinski definition) is 1. The van der Waals surface area contributed by atoms with E-state index >= 15 is 0 Å². The first-order chi connectivity index (χ1) is 6.68. The second-order valence-electron chi connectivity index (χ2n) is 4.23. The standard InChI is InChI=1S/C12H15FO/c13-11-5-3-10(4-6-11)9-12(14)7-1-2-8-12/h3-6,14H,1-2,7-9H2. The van der Waals surface area contributed by atoms with Crippen molar-refractivity contribution >= 4 is 0 Å². The molecule has 1 aromatic carbocycles. The van der Waals surface area contributed by atoms with Crippen LogP contribution in [0, 0.1) is 5.82 Å². The summed E-state index contributed by atoms with van der Waals surface area (Å²) in [5, 5.41) is 10.1. The SMILES string of the molecule is OC1(Cc2ccc(F)cc2)CCCC1. The molecule has 76 valence electrons. The van der Waals surface area contributed by atoms with Crippen molar-refractivity contribution in [2.75, 3.05) is 0 Å². The van der Waals surface area contributed by atoms with Crippen LogP contribution in [0.3, 0.4) is 0 Å². The molecule has 0 aromatic heterocycles. The molecule has 0 heterocycles. The number of hydrogen-bond acceptors (Lipinski definition) is 1. The molecule has 14 heavy (non-hydrogen) atoms. The van der Waals surface area contributed by atoms with E-state index in [1.165, 1.54) is 12.1 Å². The van der Waals surface area contributed by atoms with E-state index < -0.39 is 5.60 Å². The lowest BCUT2D eigenvalue weighted by atomic mass is 9.93. The summed E-state index contributed by atoms with van der Waals surface area (Å²) < 4.78 is 12.6. The highest BCUT2D eigenvalue weighted by atomic mass is 19.1. The summed E-state index contributed by atoms with van der Waals surface area (Å²) in [5.74, 6) is -0.216. The van der Waals surface area contributed by atoms with Crippen LogP contribution in [-0.2, 0) is 6.42 Å². The minimum absolute atomic E-state index is 0.216. The van der Waals surface area contributed by atoms with E-state index in [1.54, 1.807) is 12.1 Å². The van der Waals surface area contributed by atoms with Gasteiger partial charge in [-0.15, -0.1) is 0 Å². The van der Waals surface area contributed by atoms with Gasteiger partial charge in [0.15, 0.2) is 0 Å². The molecule has 0 radical (unpaired) electrons. The molecule has 0 amide bonds. The maximum absolute atomic E-state index is 12.6. The van der Waals surface area contributed by atoms with Crippen molar-refractivity contribution in [2.45, 2.75) is 37.7 Å². The Morgan fingerprint density at radius 2 is 1.71 bits per heavy atom. The van der Waals surface area contributed by atoms with Gasteiger partial charge in [-0.25, -0.2) is 4.39 Å². The van der Waals surface area contributed by atoms with Crippen molar-refractivity contribution in [2.24, 2.45) is 0 Å². The van der Waals surface area contributed by atoms with Gasteiger partial charge in [0.25, 0.3) is 0 Å². The van der Waals surface area contributed by atoms with Crippen molar-refractivity contribution < 1.29 is 9.50 Å². The lowest BCUT2D eigenvalue weighted by Crippen LogP contribution is -2.26. The zero-order valence-electron chi connectivity index (χ0n) is 8.17. The second kappa shape index (κ2) is 3.70. The zero-order valence-corrected chi connectivity index (χ0v) is 8.17. The van der Waals surface area contributed by atoms with Gasteiger partial charge in [-0.3, -0.25) is 0 Å². The van der Waals surface area contributed by atoms with Crippen LogP contribution in [0.1, 0.15) is 31.2 Å². The minimum Gasteiger partial charge on any atom is -0.390 e. The summed E-state index contributed by atoms with van der Waals surface area (Å²) in [6.45, 7) is 0. The summed E-state index contributed by atoms with van der Waals surface area (Å²) in [6, 6.07) is 6.42. The molecule has 1 nitrogen and oxygen atoms in total. The van der Waals surface area contributed by atoms with E-state index in [9.17, 15) is 9.50 Å². The highest BCUT2D eigenvalue weighted by molar-refractivity contribution is 5.18. The first kappa shape index (κ1) is 9.66. The molecule has 0 atom stereocenters. The minimum atomic E-state index is -0.530. The average Bonchev–Trinajstić information content (AvgIpc) is 2.57. The Bertz CT molecular complexity index is 299. The van der Waals surface area contributed by atoms with E-state index in [0.29, 0.717) is 6.42 Å². The monoisotopic (exact) mass is 194 g/mol. The van der Waals surface area contributed by atoms with Gasteiger partial charge in [0, 0.05) is 6.42 Å². The maximum atomic E-state index is 12.6. The van der Waals surface area contributed by atoms with Crippen LogP contribution in [0.25, 0.3) is 0 Å². The van der Waals surface area contributed by atoms with Gasteiger partial charge < -0.3 is 5.11 Å². The summed E-state index contributed by atoms with van der Waals surface area (Å²) in [7, 11) is 0. The van der Waals surface area contributed by atoms with E-state index in [2.05, 4.69) is 0 Å². The van der Waals surface area contributed by atoms with Crippen molar-refractivity contribution in [3.05, 3.63) is 35.6 Å². The van der Waals surface area contributed by atoms with E-state index in [4.69, 9.17) is 0 Å². The fourth-order valence-electron chi connectivity index (χ4n) is 2.19. The Morgan fingerprint density at radius 1 is 1.14 bits per heavy atom. The molecule has 0 spiro atoms. The maximum Gasteiger partial charge on any atom is 0.123 e. The molecule has 0 bridgehead atoms. The van der Waals surface area contributed by atoms with Crippen LogP contribution in [0.5, 0.6) is 0 Å². The van der Waals surface area contributed by atoms with Gasteiger partial charge in [-0.05, 0) is 30.5 Å².